The van der Waals surface area contributed by atoms with Crippen molar-refractivity contribution in [3.05, 3.63) is 65.2 Å². The summed E-state index contributed by atoms with van der Waals surface area (Å²) in [6.07, 6.45) is 0.455. The molecule has 0 saturated heterocycles. The molecule has 0 aliphatic rings. The quantitative estimate of drug-likeness (QED) is 0.910. The number of nitrogens with two attached hydrogens (primary N) is 1. The predicted molar refractivity (Wildman–Crippen MR) is 82.4 cm³/mol. The molecule has 0 aromatic heterocycles. The van der Waals surface area contributed by atoms with Crippen LogP contribution in [-0.2, 0) is 6.42 Å². The van der Waals surface area contributed by atoms with Crippen molar-refractivity contribution >= 4 is 5.69 Å². The van der Waals surface area contributed by atoms with Gasteiger partial charge in [-0.3, -0.25) is 0 Å². The molecule has 0 aliphatic carbocycles. The van der Waals surface area contributed by atoms with Crippen LogP contribution in [0, 0.1) is 11.6 Å². The first-order chi connectivity index (χ1) is 10.1. The van der Waals surface area contributed by atoms with Crippen molar-refractivity contribution in [1.29, 1.82) is 0 Å². The number of hydrogen-bond donors (Lipinski definition) is 1. The van der Waals surface area contributed by atoms with Crippen LogP contribution >= 0.6 is 0 Å². The van der Waals surface area contributed by atoms with Crippen molar-refractivity contribution in [3.8, 4) is 0 Å². The van der Waals surface area contributed by atoms with Gasteiger partial charge in [0.2, 0.25) is 0 Å². The van der Waals surface area contributed by atoms with Gasteiger partial charge in [0.25, 0.3) is 0 Å². The van der Waals surface area contributed by atoms with Crippen molar-refractivity contribution in [2.24, 2.45) is 5.73 Å². The van der Waals surface area contributed by atoms with Crippen LogP contribution < -0.4 is 10.6 Å². The molecule has 21 heavy (non-hydrogen) atoms. The summed E-state index contributed by atoms with van der Waals surface area (Å²) < 4.78 is 27.9. The van der Waals surface area contributed by atoms with Crippen LogP contribution in [0.2, 0.25) is 0 Å². The summed E-state index contributed by atoms with van der Waals surface area (Å²) in [5.41, 5.74) is 7.47. The molecule has 0 saturated carbocycles. The average Bonchev–Trinajstić information content (AvgIpc) is 2.48. The lowest BCUT2D eigenvalue weighted by molar-refractivity contribution is 0.581. The van der Waals surface area contributed by atoms with Crippen LogP contribution in [-0.4, -0.2) is 13.6 Å². The van der Waals surface area contributed by atoms with Gasteiger partial charge < -0.3 is 10.6 Å². The van der Waals surface area contributed by atoms with E-state index < -0.39 is 0 Å². The highest BCUT2D eigenvalue weighted by atomic mass is 19.1. The van der Waals surface area contributed by atoms with E-state index in [1.807, 2.05) is 24.9 Å². The Morgan fingerprint density at radius 3 is 2.38 bits per heavy atom. The first-order valence-electron chi connectivity index (χ1n) is 7.01. The normalized spacial score (nSPS) is 12.2. The summed E-state index contributed by atoms with van der Waals surface area (Å²) in [5.74, 6) is -0.529. The second-order valence-electron chi connectivity index (χ2n) is 5.08. The van der Waals surface area contributed by atoms with E-state index in [2.05, 4.69) is 0 Å². The molecule has 0 aliphatic heterocycles. The molecule has 4 heteroatoms. The second-order valence-corrected chi connectivity index (χ2v) is 5.08. The number of benzene rings is 2. The summed E-state index contributed by atoms with van der Waals surface area (Å²) in [6.45, 7) is 2.27. The van der Waals surface area contributed by atoms with Crippen molar-refractivity contribution in [1.82, 2.24) is 0 Å². The van der Waals surface area contributed by atoms with E-state index in [0.29, 0.717) is 24.1 Å². The highest BCUT2D eigenvalue weighted by molar-refractivity contribution is 5.55. The zero-order chi connectivity index (χ0) is 15.4. The third-order valence-electron chi connectivity index (χ3n) is 3.80. The van der Waals surface area contributed by atoms with Crippen molar-refractivity contribution in [2.45, 2.75) is 19.4 Å². The molecule has 1 atom stereocenters. The van der Waals surface area contributed by atoms with Gasteiger partial charge in [-0.2, -0.15) is 0 Å². The smallest absolute Gasteiger partial charge is 0.128 e. The summed E-state index contributed by atoms with van der Waals surface area (Å²) in [7, 11) is 1.84. The van der Waals surface area contributed by atoms with Gasteiger partial charge in [0.1, 0.15) is 11.6 Å². The topological polar surface area (TPSA) is 29.3 Å². The highest BCUT2D eigenvalue weighted by Crippen LogP contribution is 2.30. The lowest BCUT2D eigenvalue weighted by Crippen LogP contribution is -2.24. The second kappa shape index (κ2) is 6.68. The third kappa shape index (κ3) is 3.22. The molecule has 0 fully saturated rings. The van der Waals surface area contributed by atoms with Gasteiger partial charge in [-0.25, -0.2) is 8.78 Å². The van der Waals surface area contributed by atoms with E-state index in [4.69, 9.17) is 5.73 Å². The number of hydrogen-bond acceptors (Lipinski definition) is 2. The SMILES string of the molecule is CC(c1ccccc1F)N(C)c1cccc(F)c1CCN. The van der Waals surface area contributed by atoms with E-state index in [-0.39, 0.29) is 17.7 Å². The summed E-state index contributed by atoms with van der Waals surface area (Å²) in [6, 6.07) is 11.4. The number of halogens is 2. The predicted octanol–water partition coefficient (Wildman–Crippen LogP) is 3.66. The Morgan fingerprint density at radius 2 is 1.71 bits per heavy atom. The Hall–Kier alpha value is -1.94. The largest absolute Gasteiger partial charge is 0.367 e. The van der Waals surface area contributed by atoms with Crippen LogP contribution in [0.25, 0.3) is 0 Å². The summed E-state index contributed by atoms with van der Waals surface area (Å²) >= 11 is 0. The molecule has 2 aromatic carbocycles. The van der Waals surface area contributed by atoms with Crippen LogP contribution in [0.1, 0.15) is 24.1 Å². The Morgan fingerprint density at radius 1 is 1.05 bits per heavy atom. The van der Waals surface area contributed by atoms with Crippen LogP contribution in [0.3, 0.4) is 0 Å². The molecule has 112 valence electrons. The molecule has 0 heterocycles. The number of rotatable bonds is 5. The van der Waals surface area contributed by atoms with Crippen LogP contribution in [0.15, 0.2) is 42.5 Å². The average molecular weight is 290 g/mol. The molecule has 1 unspecified atom stereocenters. The van der Waals surface area contributed by atoms with Gasteiger partial charge in [-0.15, -0.1) is 0 Å². The number of anilines is 1. The van der Waals surface area contributed by atoms with Gasteiger partial charge in [0, 0.05) is 23.9 Å². The fourth-order valence-corrected chi connectivity index (χ4v) is 2.50. The lowest BCUT2D eigenvalue weighted by Gasteiger charge is -2.29. The minimum Gasteiger partial charge on any atom is -0.367 e. The summed E-state index contributed by atoms with van der Waals surface area (Å²) in [5, 5.41) is 0. The van der Waals surface area contributed by atoms with E-state index >= 15 is 0 Å². The van der Waals surface area contributed by atoms with E-state index in [9.17, 15) is 8.78 Å². The zero-order valence-corrected chi connectivity index (χ0v) is 12.3. The Bertz CT molecular complexity index is 613. The molecule has 0 amide bonds. The molecule has 2 aromatic rings. The Labute approximate surface area is 124 Å². The van der Waals surface area contributed by atoms with Gasteiger partial charge in [0.05, 0.1) is 6.04 Å². The zero-order valence-electron chi connectivity index (χ0n) is 12.3. The van der Waals surface area contributed by atoms with E-state index in [1.54, 1.807) is 24.3 Å². The number of nitrogens with zero attached hydrogens (tertiary/aromatic N) is 1. The Balaban J connectivity index is 2.38. The molecular weight excluding hydrogens is 270 g/mol. The maximum absolute atomic E-state index is 14.0. The van der Waals surface area contributed by atoms with Crippen molar-refractivity contribution < 1.29 is 8.78 Å². The lowest BCUT2D eigenvalue weighted by atomic mass is 10.0. The molecule has 2 N–H and O–H groups in total. The first kappa shape index (κ1) is 15.4. The minimum absolute atomic E-state index is 0.204. The monoisotopic (exact) mass is 290 g/mol. The first-order valence-corrected chi connectivity index (χ1v) is 7.01. The molecular formula is C17H20F2N2. The fourth-order valence-electron chi connectivity index (χ4n) is 2.50. The van der Waals surface area contributed by atoms with Crippen LogP contribution in [0.5, 0.6) is 0 Å². The molecule has 2 rings (SSSR count). The molecule has 2 nitrogen and oxygen atoms in total. The van der Waals surface area contributed by atoms with E-state index in [1.165, 1.54) is 12.1 Å². The molecule has 0 bridgehead atoms. The highest BCUT2D eigenvalue weighted by Gasteiger charge is 2.19. The van der Waals surface area contributed by atoms with Crippen molar-refractivity contribution in [2.75, 3.05) is 18.5 Å². The van der Waals surface area contributed by atoms with Crippen LogP contribution in [0.4, 0.5) is 14.5 Å². The van der Waals surface area contributed by atoms with Crippen molar-refractivity contribution in [3.63, 3.8) is 0 Å². The maximum atomic E-state index is 14.0. The standard InChI is InChI=1S/C17H20F2N2/c1-12(13-6-3-4-7-15(13)18)21(2)17-9-5-8-16(19)14(17)10-11-20/h3-9,12H,10-11,20H2,1-2H3. The summed E-state index contributed by atoms with van der Waals surface area (Å²) in [4.78, 5) is 1.88. The fraction of sp³-hybridized carbons (Fsp3) is 0.294. The molecule has 0 spiro atoms. The Kier molecular flexibility index (Phi) is 4.91. The van der Waals surface area contributed by atoms with Gasteiger partial charge >= 0.3 is 0 Å². The van der Waals surface area contributed by atoms with Gasteiger partial charge in [-0.05, 0) is 38.1 Å². The third-order valence-corrected chi connectivity index (χ3v) is 3.80. The maximum Gasteiger partial charge on any atom is 0.128 e. The minimum atomic E-state index is -0.273. The van der Waals surface area contributed by atoms with Gasteiger partial charge in [-0.1, -0.05) is 24.3 Å². The molecule has 0 radical (unpaired) electrons. The van der Waals surface area contributed by atoms with Gasteiger partial charge in [0.15, 0.2) is 0 Å². The van der Waals surface area contributed by atoms with E-state index in [0.717, 1.165) is 5.69 Å².